The van der Waals surface area contributed by atoms with Crippen LogP contribution in [0.25, 0.3) is 0 Å². The zero-order chi connectivity index (χ0) is 15.2. The summed E-state index contributed by atoms with van der Waals surface area (Å²) in [6, 6.07) is 0. The molecular weight excluding hydrogens is 300 g/mol. The first kappa shape index (κ1) is 16.6. The van der Waals surface area contributed by atoms with Crippen LogP contribution in [0.5, 0.6) is 0 Å². The van der Waals surface area contributed by atoms with Gasteiger partial charge < -0.3 is 10.2 Å². The lowest BCUT2D eigenvalue weighted by molar-refractivity contribution is 0.381. The molecule has 1 N–H and O–H groups in total. The highest BCUT2D eigenvalue weighted by molar-refractivity contribution is 8.00. The van der Waals surface area contributed by atoms with Gasteiger partial charge in [0.2, 0.25) is 0 Å². The summed E-state index contributed by atoms with van der Waals surface area (Å²) in [5, 5.41) is 7.48. The smallest absolute Gasteiger partial charge is 0.193 e. The predicted octanol–water partition coefficient (Wildman–Crippen LogP) is 2.64. The molecule has 0 bridgehead atoms. The van der Waals surface area contributed by atoms with Crippen LogP contribution in [0.3, 0.4) is 0 Å². The van der Waals surface area contributed by atoms with Gasteiger partial charge in [-0.15, -0.1) is 11.3 Å². The van der Waals surface area contributed by atoms with Crippen molar-refractivity contribution in [2.24, 2.45) is 10.9 Å². The lowest BCUT2D eigenvalue weighted by Crippen LogP contribution is -2.49. The molecule has 21 heavy (non-hydrogen) atoms. The van der Waals surface area contributed by atoms with Crippen molar-refractivity contribution in [1.29, 1.82) is 0 Å². The zero-order valence-corrected chi connectivity index (χ0v) is 15.1. The van der Waals surface area contributed by atoms with Crippen molar-refractivity contribution in [3.8, 4) is 0 Å². The molecule has 1 aliphatic heterocycles. The number of rotatable bonds is 4. The van der Waals surface area contributed by atoms with Crippen LogP contribution in [-0.4, -0.2) is 53.5 Å². The third kappa shape index (κ3) is 4.88. The lowest BCUT2D eigenvalue weighted by atomic mass is 10.1. The van der Waals surface area contributed by atoms with Crippen molar-refractivity contribution >= 4 is 29.1 Å². The largest absolute Gasteiger partial charge is 0.356 e. The first-order valence-electron chi connectivity index (χ1n) is 7.58. The fraction of sp³-hybridized carbons (Fsp3) is 0.733. The summed E-state index contributed by atoms with van der Waals surface area (Å²) in [6.07, 6.45) is 0.958. The van der Waals surface area contributed by atoms with E-state index in [1.165, 1.54) is 11.4 Å². The molecule has 1 unspecified atom stereocenters. The van der Waals surface area contributed by atoms with Crippen molar-refractivity contribution < 1.29 is 0 Å². The van der Waals surface area contributed by atoms with E-state index in [-0.39, 0.29) is 0 Å². The van der Waals surface area contributed by atoms with Crippen LogP contribution < -0.4 is 5.32 Å². The van der Waals surface area contributed by atoms with Gasteiger partial charge in [-0.1, -0.05) is 13.8 Å². The normalized spacial score (nSPS) is 20.1. The van der Waals surface area contributed by atoms with Crippen molar-refractivity contribution in [3.63, 3.8) is 0 Å². The molecule has 1 saturated heterocycles. The molecule has 0 amide bonds. The molecule has 1 aromatic rings. The van der Waals surface area contributed by atoms with Gasteiger partial charge in [0.15, 0.2) is 5.96 Å². The average molecular weight is 327 g/mol. The van der Waals surface area contributed by atoms with E-state index in [4.69, 9.17) is 0 Å². The Morgan fingerprint density at radius 2 is 2.38 bits per heavy atom. The van der Waals surface area contributed by atoms with Crippen LogP contribution in [-0.2, 0) is 6.42 Å². The number of thiazole rings is 1. The number of aliphatic imine (C=N–C) groups is 1. The van der Waals surface area contributed by atoms with Gasteiger partial charge in [0.1, 0.15) is 0 Å². The van der Waals surface area contributed by atoms with Gasteiger partial charge in [-0.3, -0.25) is 4.99 Å². The summed E-state index contributed by atoms with van der Waals surface area (Å²) in [7, 11) is 1.88. The topological polar surface area (TPSA) is 40.5 Å². The molecule has 1 fully saturated rings. The minimum Gasteiger partial charge on any atom is -0.356 e. The molecule has 118 valence electrons. The Morgan fingerprint density at radius 1 is 1.57 bits per heavy atom. The Kier molecular flexibility index (Phi) is 6.36. The van der Waals surface area contributed by atoms with Crippen molar-refractivity contribution in [3.05, 3.63) is 16.1 Å². The highest BCUT2D eigenvalue weighted by atomic mass is 32.2. The van der Waals surface area contributed by atoms with Crippen LogP contribution in [0.1, 0.15) is 24.5 Å². The van der Waals surface area contributed by atoms with Gasteiger partial charge in [0.25, 0.3) is 0 Å². The molecule has 0 spiro atoms. The average Bonchev–Trinajstić information content (AvgIpc) is 2.89. The minimum atomic E-state index is 0.707. The van der Waals surface area contributed by atoms with Gasteiger partial charge >= 0.3 is 0 Å². The van der Waals surface area contributed by atoms with E-state index in [1.54, 1.807) is 11.3 Å². The molecule has 0 aliphatic carbocycles. The maximum atomic E-state index is 4.50. The summed E-state index contributed by atoms with van der Waals surface area (Å²) in [5.41, 5.74) is 1.18. The Morgan fingerprint density at radius 3 is 3.00 bits per heavy atom. The number of nitrogens with zero attached hydrogens (tertiary/aromatic N) is 3. The molecule has 4 nitrogen and oxygen atoms in total. The van der Waals surface area contributed by atoms with Gasteiger partial charge in [-0.2, -0.15) is 11.8 Å². The van der Waals surface area contributed by atoms with E-state index in [0.29, 0.717) is 11.2 Å². The highest BCUT2D eigenvalue weighted by Gasteiger charge is 2.24. The predicted molar refractivity (Wildman–Crippen MR) is 94.6 cm³/mol. The summed E-state index contributed by atoms with van der Waals surface area (Å²) in [5.74, 6) is 2.94. The number of hydrogen-bond acceptors (Lipinski definition) is 4. The van der Waals surface area contributed by atoms with Crippen LogP contribution in [0.4, 0.5) is 0 Å². The number of hydrogen-bond donors (Lipinski definition) is 1. The van der Waals surface area contributed by atoms with E-state index in [1.807, 2.05) is 7.05 Å². The molecule has 1 aromatic heterocycles. The Hall–Kier alpha value is -0.750. The first-order valence-corrected chi connectivity index (χ1v) is 9.51. The summed E-state index contributed by atoms with van der Waals surface area (Å²) in [6.45, 7) is 9.74. The second-order valence-electron chi connectivity index (χ2n) is 5.68. The Balaban J connectivity index is 1.82. The molecule has 6 heteroatoms. The fourth-order valence-corrected chi connectivity index (χ4v) is 4.37. The zero-order valence-electron chi connectivity index (χ0n) is 13.4. The van der Waals surface area contributed by atoms with Gasteiger partial charge in [0, 0.05) is 49.5 Å². The molecular formula is C15H26N4S2. The summed E-state index contributed by atoms with van der Waals surface area (Å²) < 4.78 is 0. The van der Waals surface area contributed by atoms with Gasteiger partial charge in [-0.25, -0.2) is 4.98 Å². The molecule has 1 aliphatic rings. The lowest BCUT2D eigenvalue weighted by Gasteiger charge is -2.36. The standard InChI is InChI=1S/C15H26N4S2/c1-11(2)14-9-19(7-8-20-14)15(16-4)17-6-5-13-10-21-12(3)18-13/h10-11,14H,5-9H2,1-4H3,(H,16,17). The minimum absolute atomic E-state index is 0.707. The van der Waals surface area contributed by atoms with Gasteiger partial charge in [-0.05, 0) is 12.8 Å². The third-order valence-electron chi connectivity index (χ3n) is 3.68. The number of aryl methyl sites for hydroxylation is 1. The van der Waals surface area contributed by atoms with E-state index < -0.39 is 0 Å². The van der Waals surface area contributed by atoms with Crippen molar-refractivity contribution in [1.82, 2.24) is 15.2 Å². The number of thioether (sulfide) groups is 1. The molecule has 0 saturated carbocycles. The fourth-order valence-electron chi connectivity index (χ4n) is 2.43. The van der Waals surface area contributed by atoms with Crippen molar-refractivity contribution in [2.75, 3.05) is 32.4 Å². The summed E-state index contributed by atoms with van der Waals surface area (Å²) >= 11 is 3.81. The molecule has 2 rings (SSSR count). The Labute approximate surface area is 136 Å². The molecule has 2 heterocycles. The first-order chi connectivity index (χ1) is 10.1. The number of guanidine groups is 1. The molecule has 0 radical (unpaired) electrons. The molecule has 0 aromatic carbocycles. The SMILES string of the molecule is CN=C(NCCc1csc(C)n1)N1CCSC(C(C)C)C1. The van der Waals surface area contributed by atoms with Crippen LogP contribution in [0.15, 0.2) is 10.4 Å². The van der Waals surface area contributed by atoms with E-state index in [9.17, 15) is 0 Å². The maximum Gasteiger partial charge on any atom is 0.193 e. The van der Waals surface area contributed by atoms with Crippen molar-refractivity contribution in [2.45, 2.75) is 32.4 Å². The molecule has 1 atom stereocenters. The quantitative estimate of drug-likeness (QED) is 0.682. The number of aromatic nitrogens is 1. The third-order valence-corrected chi connectivity index (χ3v) is 6.04. The van der Waals surface area contributed by atoms with Crippen LogP contribution in [0, 0.1) is 12.8 Å². The van der Waals surface area contributed by atoms with Crippen LogP contribution >= 0.6 is 23.1 Å². The second kappa shape index (κ2) is 8.03. The van der Waals surface area contributed by atoms with E-state index in [2.05, 4.69) is 58.1 Å². The van der Waals surface area contributed by atoms with Crippen LogP contribution in [0.2, 0.25) is 0 Å². The maximum absolute atomic E-state index is 4.50. The van der Waals surface area contributed by atoms with E-state index >= 15 is 0 Å². The number of nitrogens with one attached hydrogen (secondary N) is 1. The highest BCUT2D eigenvalue weighted by Crippen LogP contribution is 2.24. The van der Waals surface area contributed by atoms with Gasteiger partial charge in [0.05, 0.1) is 10.7 Å². The summed E-state index contributed by atoms with van der Waals surface area (Å²) in [4.78, 5) is 11.3. The second-order valence-corrected chi connectivity index (χ2v) is 8.09. The monoisotopic (exact) mass is 326 g/mol. The Bertz CT molecular complexity index is 470. The van der Waals surface area contributed by atoms with E-state index in [0.717, 1.165) is 37.0 Å².